The van der Waals surface area contributed by atoms with Crippen molar-refractivity contribution in [3.8, 4) is 17.4 Å². The molecule has 0 aliphatic rings. The molecule has 1 heterocycles. The highest BCUT2D eigenvalue weighted by Crippen LogP contribution is 2.25. The van der Waals surface area contributed by atoms with E-state index in [1.807, 2.05) is 36.4 Å². The Labute approximate surface area is 167 Å². The van der Waals surface area contributed by atoms with Gasteiger partial charge in [0.05, 0.1) is 5.56 Å². The third-order valence-corrected chi connectivity index (χ3v) is 4.33. The molecule has 1 aromatic heterocycles. The van der Waals surface area contributed by atoms with E-state index in [1.54, 1.807) is 31.2 Å². The second-order valence-electron chi connectivity index (χ2n) is 6.37. The summed E-state index contributed by atoms with van der Waals surface area (Å²) in [5, 5.41) is 21.3. The zero-order valence-corrected chi connectivity index (χ0v) is 15.7. The van der Waals surface area contributed by atoms with Crippen molar-refractivity contribution in [2.45, 2.75) is 13.5 Å². The molecule has 2 aromatic carbocycles. The minimum atomic E-state index is -1.02. The molecule has 0 saturated heterocycles. The first kappa shape index (κ1) is 19.6. The van der Waals surface area contributed by atoms with Gasteiger partial charge in [-0.15, -0.1) is 0 Å². The quantitative estimate of drug-likeness (QED) is 0.489. The van der Waals surface area contributed by atoms with Crippen LogP contribution in [0.1, 0.15) is 27.2 Å². The van der Waals surface area contributed by atoms with E-state index in [-0.39, 0.29) is 11.1 Å². The number of hydrogen-bond acceptors (Lipinski definition) is 4. The number of nitrogens with zero attached hydrogens (tertiary/aromatic N) is 1. The summed E-state index contributed by atoms with van der Waals surface area (Å²) >= 11 is 0. The van der Waals surface area contributed by atoms with Crippen LogP contribution in [0.4, 0.5) is 0 Å². The Kier molecular flexibility index (Phi) is 5.91. The highest BCUT2D eigenvalue weighted by atomic mass is 16.4. The lowest BCUT2D eigenvalue weighted by atomic mass is 10.0. The maximum absolute atomic E-state index is 12.3. The summed E-state index contributed by atoms with van der Waals surface area (Å²) in [5.74, 6) is -0.750. The molecule has 0 aliphatic carbocycles. The standard InChI is InChI=1S/C23H18N2O4/c1-15-7-8-17(12-20(15)23(27)28)21-10-9-19(29-21)11-18(13-24)22(26)25-14-16-5-3-2-4-6-16/h2-12H,14H2,1H3,(H,25,26)(H,27,28)/b18-11-. The maximum atomic E-state index is 12.3. The number of amides is 1. The highest BCUT2D eigenvalue weighted by molar-refractivity contribution is 6.01. The van der Waals surface area contributed by atoms with Gasteiger partial charge >= 0.3 is 5.97 Å². The first-order valence-electron chi connectivity index (χ1n) is 8.86. The molecule has 6 heteroatoms. The van der Waals surface area contributed by atoms with Crippen LogP contribution < -0.4 is 5.32 Å². The number of carboxylic acids is 1. The molecule has 29 heavy (non-hydrogen) atoms. The topological polar surface area (TPSA) is 103 Å². The molecule has 0 saturated carbocycles. The molecule has 0 aliphatic heterocycles. The van der Waals surface area contributed by atoms with Crippen LogP contribution in [0, 0.1) is 18.3 Å². The number of nitriles is 1. The van der Waals surface area contributed by atoms with E-state index < -0.39 is 11.9 Å². The van der Waals surface area contributed by atoms with Crippen LogP contribution in [-0.4, -0.2) is 17.0 Å². The molecule has 144 valence electrons. The number of nitrogens with one attached hydrogen (secondary N) is 1. The monoisotopic (exact) mass is 386 g/mol. The predicted molar refractivity (Wildman–Crippen MR) is 108 cm³/mol. The van der Waals surface area contributed by atoms with Crippen LogP contribution in [0.15, 0.2) is 70.7 Å². The number of furan rings is 1. The van der Waals surface area contributed by atoms with Crippen molar-refractivity contribution in [3.63, 3.8) is 0 Å². The number of carbonyl (C=O) groups is 2. The molecule has 6 nitrogen and oxygen atoms in total. The van der Waals surface area contributed by atoms with Crippen molar-refractivity contribution in [3.05, 3.63) is 88.7 Å². The zero-order chi connectivity index (χ0) is 20.8. The summed E-state index contributed by atoms with van der Waals surface area (Å²) in [7, 11) is 0. The molecule has 0 atom stereocenters. The highest BCUT2D eigenvalue weighted by Gasteiger charge is 2.13. The number of rotatable bonds is 6. The average molecular weight is 386 g/mol. The fraction of sp³-hybridized carbons (Fsp3) is 0.0870. The van der Waals surface area contributed by atoms with Crippen molar-refractivity contribution in [2.75, 3.05) is 0 Å². The molecule has 3 aromatic rings. The minimum Gasteiger partial charge on any atom is -0.478 e. The lowest BCUT2D eigenvalue weighted by Gasteiger charge is -2.04. The van der Waals surface area contributed by atoms with Crippen molar-refractivity contribution in [1.29, 1.82) is 5.26 Å². The first-order chi connectivity index (χ1) is 14.0. The fourth-order valence-corrected chi connectivity index (χ4v) is 2.76. The summed E-state index contributed by atoms with van der Waals surface area (Å²) in [5.41, 5.74) is 2.27. The van der Waals surface area contributed by atoms with E-state index in [0.717, 1.165) is 5.56 Å². The lowest BCUT2D eigenvalue weighted by Crippen LogP contribution is -2.23. The second-order valence-corrected chi connectivity index (χ2v) is 6.37. The molecule has 3 rings (SSSR count). The molecule has 0 bridgehead atoms. The molecular formula is C23H18N2O4. The van der Waals surface area contributed by atoms with Crippen LogP contribution in [0.25, 0.3) is 17.4 Å². The predicted octanol–water partition coefficient (Wildman–Crippen LogP) is 4.18. The Morgan fingerprint density at radius 1 is 1.14 bits per heavy atom. The lowest BCUT2D eigenvalue weighted by molar-refractivity contribution is -0.117. The summed E-state index contributed by atoms with van der Waals surface area (Å²) in [6.07, 6.45) is 1.36. The van der Waals surface area contributed by atoms with Crippen LogP contribution >= 0.6 is 0 Å². The van der Waals surface area contributed by atoms with Crippen molar-refractivity contribution in [2.24, 2.45) is 0 Å². The Hall–Kier alpha value is -4.11. The van der Waals surface area contributed by atoms with E-state index in [2.05, 4.69) is 5.32 Å². The number of aryl methyl sites for hydroxylation is 1. The summed E-state index contributed by atoms with van der Waals surface area (Å²) in [4.78, 5) is 23.6. The summed E-state index contributed by atoms with van der Waals surface area (Å²) in [6, 6.07) is 19.5. The third-order valence-electron chi connectivity index (χ3n) is 4.33. The SMILES string of the molecule is Cc1ccc(-c2ccc(/C=C(/C#N)C(=O)NCc3ccccc3)o2)cc1C(=O)O. The summed E-state index contributed by atoms with van der Waals surface area (Å²) in [6.45, 7) is 2.03. The zero-order valence-electron chi connectivity index (χ0n) is 15.7. The van der Waals surface area contributed by atoms with Gasteiger partial charge in [-0.25, -0.2) is 4.79 Å². The molecule has 0 unspecified atom stereocenters. The second kappa shape index (κ2) is 8.72. The molecule has 2 N–H and O–H groups in total. The molecular weight excluding hydrogens is 368 g/mol. The number of benzene rings is 2. The fourth-order valence-electron chi connectivity index (χ4n) is 2.76. The Balaban J connectivity index is 1.77. The molecule has 0 spiro atoms. The Morgan fingerprint density at radius 2 is 1.90 bits per heavy atom. The van der Waals surface area contributed by atoms with Crippen LogP contribution in [0.3, 0.4) is 0 Å². The Morgan fingerprint density at radius 3 is 2.59 bits per heavy atom. The van der Waals surface area contributed by atoms with Crippen molar-refractivity contribution >= 4 is 18.0 Å². The summed E-state index contributed by atoms with van der Waals surface area (Å²) < 4.78 is 5.69. The smallest absolute Gasteiger partial charge is 0.335 e. The third kappa shape index (κ3) is 4.79. The number of carboxylic acid groups (broad SMARTS) is 1. The van der Waals surface area contributed by atoms with E-state index in [1.165, 1.54) is 12.1 Å². The first-order valence-corrected chi connectivity index (χ1v) is 8.86. The Bertz CT molecular complexity index is 1120. The average Bonchev–Trinajstić information content (AvgIpc) is 3.19. The van der Waals surface area contributed by atoms with Gasteiger partial charge in [0.2, 0.25) is 0 Å². The number of hydrogen-bond donors (Lipinski definition) is 2. The van der Waals surface area contributed by atoms with Gasteiger partial charge in [0.25, 0.3) is 5.91 Å². The van der Waals surface area contributed by atoms with Gasteiger partial charge in [0.15, 0.2) is 0 Å². The number of carbonyl (C=O) groups excluding carboxylic acids is 1. The van der Waals surface area contributed by atoms with Gasteiger partial charge in [0, 0.05) is 18.2 Å². The largest absolute Gasteiger partial charge is 0.478 e. The van der Waals surface area contributed by atoms with E-state index in [9.17, 15) is 20.0 Å². The van der Waals surface area contributed by atoms with Crippen LogP contribution in [0.2, 0.25) is 0 Å². The molecule has 0 fully saturated rings. The van der Waals surface area contributed by atoms with E-state index in [4.69, 9.17) is 4.42 Å². The van der Waals surface area contributed by atoms with Gasteiger partial charge < -0.3 is 14.8 Å². The van der Waals surface area contributed by atoms with Crippen molar-refractivity contribution < 1.29 is 19.1 Å². The van der Waals surface area contributed by atoms with Crippen LogP contribution in [0.5, 0.6) is 0 Å². The van der Waals surface area contributed by atoms with Gasteiger partial charge in [-0.1, -0.05) is 42.5 Å². The molecule has 1 amide bonds. The number of aromatic carboxylic acids is 1. The normalized spacial score (nSPS) is 11.0. The van der Waals surface area contributed by atoms with Gasteiger partial charge in [-0.3, -0.25) is 4.79 Å². The van der Waals surface area contributed by atoms with Crippen molar-refractivity contribution in [1.82, 2.24) is 5.32 Å². The van der Waals surface area contributed by atoms with Crippen LogP contribution in [-0.2, 0) is 11.3 Å². The van der Waals surface area contributed by atoms with Gasteiger partial charge in [-0.05, 0) is 36.2 Å². The molecule has 0 radical (unpaired) electrons. The van der Waals surface area contributed by atoms with Gasteiger partial charge in [-0.2, -0.15) is 5.26 Å². The minimum absolute atomic E-state index is 0.0861. The van der Waals surface area contributed by atoms with E-state index >= 15 is 0 Å². The van der Waals surface area contributed by atoms with Gasteiger partial charge in [0.1, 0.15) is 23.2 Å². The maximum Gasteiger partial charge on any atom is 0.335 e. The van der Waals surface area contributed by atoms with E-state index in [0.29, 0.717) is 29.2 Å².